The predicted octanol–water partition coefficient (Wildman–Crippen LogP) is 1.79. The number of hydrogen-bond acceptors (Lipinski definition) is 2. The zero-order valence-corrected chi connectivity index (χ0v) is 8.71. The zero-order valence-electron chi connectivity index (χ0n) is 7.12. The lowest BCUT2D eigenvalue weighted by molar-refractivity contribution is 0.223. The van der Waals surface area contributed by atoms with E-state index in [1.54, 1.807) is 12.1 Å². The summed E-state index contributed by atoms with van der Waals surface area (Å²) >= 11 is 3.29. The Morgan fingerprint density at radius 1 is 1.46 bits per heavy atom. The molecule has 0 heterocycles. The van der Waals surface area contributed by atoms with Crippen molar-refractivity contribution in [2.75, 3.05) is 12.4 Å². The van der Waals surface area contributed by atoms with Gasteiger partial charge in [0.15, 0.2) is 0 Å². The van der Waals surface area contributed by atoms with Crippen LogP contribution in [0.15, 0.2) is 28.7 Å². The van der Waals surface area contributed by atoms with Crippen LogP contribution < -0.4 is 11.2 Å². The number of nitrogens with two attached hydrogens (primary N) is 1. The van der Waals surface area contributed by atoms with Crippen molar-refractivity contribution in [2.24, 2.45) is 5.84 Å². The van der Waals surface area contributed by atoms with Gasteiger partial charge < -0.3 is 5.32 Å². The minimum Gasteiger partial charge on any atom is -0.307 e. The highest BCUT2D eigenvalue weighted by molar-refractivity contribution is 9.10. The number of carbonyl (C=O) groups excluding carboxylic acids is 1. The second-order valence-corrected chi connectivity index (χ2v) is 3.46. The molecule has 0 saturated carbocycles. The smallest absolute Gasteiger partial charge is 0.307 e. The Kier molecular flexibility index (Phi) is 3.27. The van der Waals surface area contributed by atoms with Crippen molar-refractivity contribution in [1.29, 1.82) is 0 Å². The molecule has 0 atom stereocenters. The second kappa shape index (κ2) is 4.25. The number of carbonyl (C=O) groups is 1. The summed E-state index contributed by atoms with van der Waals surface area (Å²) < 4.78 is 0.964. The Morgan fingerprint density at radius 2 is 2.00 bits per heavy atom. The van der Waals surface area contributed by atoms with E-state index in [9.17, 15) is 4.79 Å². The first-order valence-corrected chi connectivity index (χ1v) is 4.44. The van der Waals surface area contributed by atoms with Crippen LogP contribution in [-0.2, 0) is 0 Å². The van der Waals surface area contributed by atoms with E-state index in [-0.39, 0.29) is 6.03 Å². The van der Waals surface area contributed by atoms with Gasteiger partial charge in [0.2, 0.25) is 0 Å². The molecule has 1 aromatic rings. The molecule has 1 aromatic carbocycles. The molecule has 3 N–H and O–H groups in total. The van der Waals surface area contributed by atoms with Gasteiger partial charge in [0.25, 0.3) is 0 Å². The van der Waals surface area contributed by atoms with Crippen molar-refractivity contribution in [1.82, 2.24) is 5.01 Å². The van der Waals surface area contributed by atoms with Gasteiger partial charge in [-0.3, -0.25) is 5.01 Å². The molecule has 0 fully saturated rings. The van der Waals surface area contributed by atoms with Crippen molar-refractivity contribution >= 4 is 27.6 Å². The van der Waals surface area contributed by atoms with E-state index in [2.05, 4.69) is 21.2 Å². The number of nitrogens with zero attached hydrogens (tertiary/aromatic N) is 1. The molecule has 0 aromatic heterocycles. The maximum Gasteiger partial charge on any atom is 0.335 e. The topological polar surface area (TPSA) is 58.4 Å². The third kappa shape index (κ3) is 3.04. The lowest BCUT2D eigenvalue weighted by atomic mass is 10.3. The quantitative estimate of drug-likeness (QED) is 0.449. The molecule has 0 aliphatic rings. The number of urea groups is 1. The first-order chi connectivity index (χ1) is 6.09. The maximum absolute atomic E-state index is 11.1. The molecule has 0 spiro atoms. The molecule has 0 saturated heterocycles. The first-order valence-electron chi connectivity index (χ1n) is 3.64. The van der Waals surface area contributed by atoms with Crippen LogP contribution in [0.4, 0.5) is 10.5 Å². The number of benzene rings is 1. The third-order valence-electron chi connectivity index (χ3n) is 1.42. The fraction of sp³-hybridized carbons (Fsp3) is 0.125. The van der Waals surface area contributed by atoms with Gasteiger partial charge in [0, 0.05) is 17.2 Å². The summed E-state index contributed by atoms with van der Waals surface area (Å²) in [5, 5.41) is 3.60. The number of hydrazine groups is 1. The van der Waals surface area contributed by atoms with Gasteiger partial charge in [-0.25, -0.2) is 10.6 Å². The zero-order chi connectivity index (χ0) is 9.84. The van der Waals surface area contributed by atoms with E-state index in [4.69, 9.17) is 5.84 Å². The van der Waals surface area contributed by atoms with Crippen LogP contribution >= 0.6 is 15.9 Å². The van der Waals surface area contributed by atoms with Gasteiger partial charge in [0.05, 0.1) is 0 Å². The number of halogens is 1. The summed E-state index contributed by atoms with van der Waals surface area (Å²) in [6, 6.07) is 6.90. The van der Waals surface area contributed by atoms with E-state index < -0.39 is 0 Å². The number of amides is 2. The Labute approximate surface area is 84.8 Å². The van der Waals surface area contributed by atoms with Crippen molar-refractivity contribution in [3.63, 3.8) is 0 Å². The number of anilines is 1. The SMILES string of the molecule is CN(N)C(=O)Nc1ccc(Br)cc1. The molecule has 0 bridgehead atoms. The molecule has 70 valence electrons. The molecule has 5 heteroatoms. The van der Waals surface area contributed by atoms with Gasteiger partial charge in [-0.05, 0) is 24.3 Å². The molecule has 0 radical (unpaired) electrons. The molecular formula is C8H10BrN3O. The summed E-state index contributed by atoms with van der Waals surface area (Å²) in [5.41, 5.74) is 0.713. The summed E-state index contributed by atoms with van der Waals surface area (Å²) in [6.07, 6.45) is 0. The van der Waals surface area contributed by atoms with Crippen molar-refractivity contribution in [3.05, 3.63) is 28.7 Å². The average molecular weight is 244 g/mol. The first kappa shape index (κ1) is 10.0. The van der Waals surface area contributed by atoms with E-state index >= 15 is 0 Å². The summed E-state index contributed by atoms with van der Waals surface area (Å²) in [7, 11) is 1.48. The van der Waals surface area contributed by atoms with Crippen LogP contribution in [0, 0.1) is 0 Å². The Morgan fingerprint density at radius 3 is 2.46 bits per heavy atom. The highest BCUT2D eigenvalue weighted by Gasteiger charge is 2.02. The highest BCUT2D eigenvalue weighted by atomic mass is 79.9. The molecule has 2 amide bonds. The van der Waals surface area contributed by atoms with Crippen LogP contribution in [0.25, 0.3) is 0 Å². The van der Waals surface area contributed by atoms with Crippen LogP contribution in [0.1, 0.15) is 0 Å². The molecular weight excluding hydrogens is 234 g/mol. The number of nitrogens with one attached hydrogen (secondary N) is 1. The van der Waals surface area contributed by atoms with Gasteiger partial charge in [-0.15, -0.1) is 0 Å². The predicted molar refractivity (Wildman–Crippen MR) is 55.1 cm³/mol. The lowest BCUT2D eigenvalue weighted by Gasteiger charge is -2.11. The standard InChI is InChI=1S/C8H10BrN3O/c1-12(10)8(13)11-7-4-2-6(9)3-5-7/h2-5H,10H2,1H3,(H,11,13). The maximum atomic E-state index is 11.1. The van der Waals surface area contributed by atoms with Gasteiger partial charge in [-0.1, -0.05) is 15.9 Å². The van der Waals surface area contributed by atoms with E-state index in [0.29, 0.717) is 5.69 Å². The van der Waals surface area contributed by atoms with Gasteiger partial charge >= 0.3 is 6.03 Å². The number of rotatable bonds is 1. The van der Waals surface area contributed by atoms with Gasteiger partial charge in [0.1, 0.15) is 0 Å². The molecule has 0 aliphatic heterocycles. The van der Waals surface area contributed by atoms with Gasteiger partial charge in [-0.2, -0.15) is 0 Å². The Hall–Kier alpha value is -1.07. The van der Waals surface area contributed by atoms with Crippen LogP contribution in [0.2, 0.25) is 0 Å². The molecule has 4 nitrogen and oxygen atoms in total. The monoisotopic (exact) mass is 243 g/mol. The summed E-state index contributed by atoms with van der Waals surface area (Å²) in [5.74, 6) is 5.23. The molecule has 0 unspecified atom stereocenters. The highest BCUT2D eigenvalue weighted by Crippen LogP contribution is 2.13. The summed E-state index contributed by atoms with van der Waals surface area (Å²) in [4.78, 5) is 11.1. The minimum absolute atomic E-state index is 0.345. The largest absolute Gasteiger partial charge is 0.335 e. The normalized spacial score (nSPS) is 9.46. The van der Waals surface area contributed by atoms with Crippen molar-refractivity contribution < 1.29 is 4.79 Å². The van der Waals surface area contributed by atoms with Crippen LogP contribution in [0.5, 0.6) is 0 Å². The Balaban J connectivity index is 2.65. The Bertz CT molecular complexity index is 297. The molecule has 13 heavy (non-hydrogen) atoms. The fourth-order valence-corrected chi connectivity index (χ4v) is 1.01. The number of hydrogen-bond donors (Lipinski definition) is 2. The van der Waals surface area contributed by atoms with Crippen molar-refractivity contribution in [3.8, 4) is 0 Å². The van der Waals surface area contributed by atoms with E-state index in [0.717, 1.165) is 9.48 Å². The average Bonchev–Trinajstić information content (AvgIpc) is 2.08. The van der Waals surface area contributed by atoms with E-state index in [1.807, 2.05) is 12.1 Å². The van der Waals surface area contributed by atoms with Crippen molar-refractivity contribution in [2.45, 2.75) is 0 Å². The van der Waals surface area contributed by atoms with E-state index in [1.165, 1.54) is 7.05 Å². The fourth-order valence-electron chi connectivity index (χ4n) is 0.745. The molecule has 1 rings (SSSR count). The third-order valence-corrected chi connectivity index (χ3v) is 1.94. The second-order valence-electron chi connectivity index (χ2n) is 2.55. The minimum atomic E-state index is -0.345. The molecule has 0 aliphatic carbocycles. The van der Waals surface area contributed by atoms with Crippen LogP contribution in [0.3, 0.4) is 0 Å². The summed E-state index contributed by atoms with van der Waals surface area (Å²) in [6.45, 7) is 0. The van der Waals surface area contributed by atoms with Crippen LogP contribution in [-0.4, -0.2) is 18.1 Å². The lowest BCUT2D eigenvalue weighted by Crippen LogP contribution is -2.36.